The van der Waals surface area contributed by atoms with Crippen LogP contribution in [0, 0.1) is 11.3 Å². The number of halogens is 1. The Morgan fingerprint density at radius 2 is 1.79 bits per heavy atom. The van der Waals surface area contributed by atoms with Crippen molar-refractivity contribution >= 4 is 11.6 Å². The molecule has 0 N–H and O–H groups in total. The van der Waals surface area contributed by atoms with Gasteiger partial charge >= 0.3 is 0 Å². The zero-order valence-electron chi connectivity index (χ0n) is 10.4. The summed E-state index contributed by atoms with van der Waals surface area (Å²) in [5.74, 6) is 1.65. The molecule has 0 spiro atoms. The SMILES string of the molecule is CCCCC(CC)(CCl)CCC(C)C. The van der Waals surface area contributed by atoms with Crippen LogP contribution in [-0.4, -0.2) is 5.88 Å². The zero-order valence-corrected chi connectivity index (χ0v) is 11.2. The summed E-state index contributed by atoms with van der Waals surface area (Å²) in [4.78, 5) is 0. The Kier molecular flexibility index (Phi) is 7.72. The molecule has 0 radical (unpaired) electrons. The molecule has 1 heteroatoms. The summed E-state index contributed by atoms with van der Waals surface area (Å²) in [6.07, 6.45) is 7.81. The first-order valence-electron chi connectivity index (χ1n) is 6.16. The van der Waals surface area contributed by atoms with Crippen LogP contribution in [0.15, 0.2) is 0 Å². The molecular formula is C13H27Cl. The molecule has 0 nitrogen and oxygen atoms in total. The fourth-order valence-corrected chi connectivity index (χ4v) is 2.31. The van der Waals surface area contributed by atoms with Gasteiger partial charge in [-0.2, -0.15) is 0 Å². The molecule has 0 bridgehead atoms. The molecule has 0 aromatic heterocycles. The van der Waals surface area contributed by atoms with Crippen molar-refractivity contribution in [3.8, 4) is 0 Å². The van der Waals surface area contributed by atoms with Gasteiger partial charge in [0.2, 0.25) is 0 Å². The van der Waals surface area contributed by atoms with Gasteiger partial charge in [-0.15, -0.1) is 11.6 Å². The monoisotopic (exact) mass is 218 g/mol. The maximum Gasteiger partial charge on any atom is 0.0279 e. The molecule has 14 heavy (non-hydrogen) atoms. The summed E-state index contributed by atoms with van der Waals surface area (Å²) in [7, 11) is 0. The summed E-state index contributed by atoms with van der Waals surface area (Å²) in [5, 5.41) is 0. The Bertz CT molecular complexity index is 125. The van der Waals surface area contributed by atoms with Crippen LogP contribution >= 0.6 is 11.6 Å². The maximum absolute atomic E-state index is 6.14. The fourth-order valence-electron chi connectivity index (χ4n) is 1.85. The van der Waals surface area contributed by atoms with Crippen molar-refractivity contribution in [2.24, 2.45) is 11.3 Å². The van der Waals surface area contributed by atoms with Crippen LogP contribution in [0.3, 0.4) is 0 Å². The van der Waals surface area contributed by atoms with Gasteiger partial charge < -0.3 is 0 Å². The first-order chi connectivity index (χ1) is 6.60. The van der Waals surface area contributed by atoms with Crippen LogP contribution in [-0.2, 0) is 0 Å². The van der Waals surface area contributed by atoms with Crippen molar-refractivity contribution in [1.82, 2.24) is 0 Å². The molecule has 0 saturated heterocycles. The zero-order chi connectivity index (χ0) is 11.0. The molecule has 0 amide bonds. The Labute approximate surface area is 95.4 Å². The van der Waals surface area contributed by atoms with E-state index in [1.54, 1.807) is 0 Å². The van der Waals surface area contributed by atoms with E-state index in [9.17, 15) is 0 Å². The van der Waals surface area contributed by atoms with Gasteiger partial charge in [0, 0.05) is 5.88 Å². The van der Waals surface area contributed by atoms with Crippen LogP contribution in [0.2, 0.25) is 0 Å². The third-order valence-corrected chi connectivity index (χ3v) is 3.91. The molecule has 0 aromatic carbocycles. The van der Waals surface area contributed by atoms with Gasteiger partial charge in [-0.3, -0.25) is 0 Å². The summed E-state index contributed by atoms with van der Waals surface area (Å²) < 4.78 is 0. The van der Waals surface area contributed by atoms with Crippen LogP contribution in [0.5, 0.6) is 0 Å². The minimum Gasteiger partial charge on any atom is -0.126 e. The Morgan fingerprint density at radius 3 is 2.14 bits per heavy atom. The van der Waals surface area contributed by atoms with Gasteiger partial charge in [-0.05, 0) is 30.6 Å². The lowest BCUT2D eigenvalue weighted by molar-refractivity contribution is 0.239. The van der Waals surface area contributed by atoms with Crippen molar-refractivity contribution in [2.75, 3.05) is 5.88 Å². The van der Waals surface area contributed by atoms with Crippen LogP contribution < -0.4 is 0 Å². The second kappa shape index (κ2) is 7.56. The first kappa shape index (κ1) is 14.3. The van der Waals surface area contributed by atoms with Crippen molar-refractivity contribution in [3.63, 3.8) is 0 Å². The van der Waals surface area contributed by atoms with E-state index in [1.165, 1.54) is 38.5 Å². The molecular weight excluding hydrogens is 192 g/mol. The number of hydrogen-bond donors (Lipinski definition) is 0. The Hall–Kier alpha value is 0.290. The van der Waals surface area contributed by atoms with E-state index < -0.39 is 0 Å². The summed E-state index contributed by atoms with van der Waals surface area (Å²) in [6, 6.07) is 0. The van der Waals surface area contributed by atoms with Gasteiger partial charge in [0.05, 0.1) is 0 Å². The fraction of sp³-hybridized carbons (Fsp3) is 1.00. The van der Waals surface area contributed by atoms with E-state index in [0.29, 0.717) is 5.41 Å². The molecule has 1 unspecified atom stereocenters. The van der Waals surface area contributed by atoms with Crippen molar-refractivity contribution < 1.29 is 0 Å². The minimum atomic E-state index is 0.432. The second-order valence-corrected chi connectivity index (χ2v) is 5.29. The molecule has 0 aliphatic rings. The highest BCUT2D eigenvalue weighted by atomic mass is 35.5. The number of alkyl halides is 1. The van der Waals surface area contributed by atoms with E-state index in [1.807, 2.05) is 0 Å². The average molecular weight is 219 g/mol. The minimum absolute atomic E-state index is 0.432. The van der Waals surface area contributed by atoms with Gasteiger partial charge in [0.25, 0.3) is 0 Å². The highest BCUT2D eigenvalue weighted by molar-refractivity contribution is 6.18. The number of unbranched alkanes of at least 4 members (excludes halogenated alkanes) is 1. The summed E-state index contributed by atoms with van der Waals surface area (Å²) in [5.41, 5.74) is 0.432. The van der Waals surface area contributed by atoms with Crippen LogP contribution in [0.1, 0.15) is 66.2 Å². The third kappa shape index (κ3) is 5.24. The molecule has 0 aromatic rings. The number of rotatable bonds is 8. The molecule has 1 atom stereocenters. The lowest BCUT2D eigenvalue weighted by Gasteiger charge is -2.31. The Morgan fingerprint density at radius 1 is 1.14 bits per heavy atom. The summed E-state index contributed by atoms with van der Waals surface area (Å²) in [6.45, 7) is 9.15. The molecule has 0 saturated carbocycles. The van der Waals surface area contributed by atoms with E-state index in [0.717, 1.165) is 11.8 Å². The van der Waals surface area contributed by atoms with E-state index >= 15 is 0 Å². The molecule has 0 aliphatic carbocycles. The molecule has 86 valence electrons. The van der Waals surface area contributed by atoms with Crippen molar-refractivity contribution in [3.05, 3.63) is 0 Å². The van der Waals surface area contributed by atoms with E-state index in [-0.39, 0.29) is 0 Å². The maximum atomic E-state index is 6.14. The predicted octanol–water partition coefficient (Wildman–Crippen LogP) is 5.25. The van der Waals surface area contributed by atoms with E-state index in [4.69, 9.17) is 11.6 Å². The third-order valence-electron chi connectivity index (χ3n) is 3.35. The highest BCUT2D eigenvalue weighted by Crippen LogP contribution is 2.36. The molecule has 0 heterocycles. The van der Waals surface area contributed by atoms with Gasteiger partial charge in [-0.1, -0.05) is 47.0 Å². The predicted molar refractivity (Wildman–Crippen MR) is 67.0 cm³/mol. The topological polar surface area (TPSA) is 0 Å². The molecule has 0 rings (SSSR count). The lowest BCUT2D eigenvalue weighted by Crippen LogP contribution is -2.22. The average Bonchev–Trinajstić information content (AvgIpc) is 2.19. The first-order valence-corrected chi connectivity index (χ1v) is 6.69. The van der Waals surface area contributed by atoms with Crippen LogP contribution in [0.4, 0.5) is 0 Å². The van der Waals surface area contributed by atoms with Crippen molar-refractivity contribution in [1.29, 1.82) is 0 Å². The Balaban J connectivity index is 4.07. The van der Waals surface area contributed by atoms with E-state index in [2.05, 4.69) is 27.7 Å². The number of hydrogen-bond acceptors (Lipinski definition) is 0. The van der Waals surface area contributed by atoms with Crippen LogP contribution in [0.25, 0.3) is 0 Å². The molecule has 0 aliphatic heterocycles. The normalized spacial score (nSPS) is 15.9. The van der Waals surface area contributed by atoms with Crippen molar-refractivity contribution in [2.45, 2.75) is 66.2 Å². The standard InChI is InChI=1S/C13H27Cl/c1-5-7-9-13(6-2,11-14)10-8-12(3)4/h12H,5-11H2,1-4H3. The largest absolute Gasteiger partial charge is 0.126 e. The summed E-state index contributed by atoms with van der Waals surface area (Å²) >= 11 is 6.14. The molecule has 0 fully saturated rings. The lowest BCUT2D eigenvalue weighted by atomic mass is 9.77. The van der Waals surface area contributed by atoms with Gasteiger partial charge in [0.1, 0.15) is 0 Å². The van der Waals surface area contributed by atoms with Gasteiger partial charge in [0.15, 0.2) is 0 Å². The smallest absolute Gasteiger partial charge is 0.0279 e. The highest BCUT2D eigenvalue weighted by Gasteiger charge is 2.26. The van der Waals surface area contributed by atoms with Gasteiger partial charge in [-0.25, -0.2) is 0 Å². The second-order valence-electron chi connectivity index (χ2n) is 5.02. The quantitative estimate of drug-likeness (QED) is 0.489.